The third-order valence-electron chi connectivity index (χ3n) is 2.29. The van der Waals surface area contributed by atoms with Crippen molar-refractivity contribution in [3.8, 4) is 5.75 Å². The summed E-state index contributed by atoms with van der Waals surface area (Å²) < 4.78 is 5.03. The van der Waals surface area contributed by atoms with Gasteiger partial charge in [0, 0.05) is 12.1 Å². The van der Waals surface area contributed by atoms with Crippen molar-refractivity contribution in [1.82, 2.24) is 0 Å². The Hall–Kier alpha value is -1.26. The Labute approximate surface area is 106 Å². The molecule has 0 spiro atoms. The third kappa shape index (κ3) is 4.63. The van der Waals surface area contributed by atoms with Crippen LogP contribution in [-0.2, 0) is 4.79 Å². The van der Waals surface area contributed by atoms with Crippen LogP contribution in [0.25, 0.3) is 0 Å². The van der Waals surface area contributed by atoms with Gasteiger partial charge < -0.3 is 15.8 Å². The molecule has 1 rings (SSSR count). The number of ether oxygens (including phenoxy) is 1. The molecule has 0 aromatic heterocycles. The molecule has 94 valence electrons. The van der Waals surface area contributed by atoms with Crippen molar-refractivity contribution in [2.75, 3.05) is 19.0 Å². The molecule has 5 heteroatoms. The number of benzene rings is 1. The fraction of sp³-hybridized carbons (Fsp3) is 0.417. The monoisotopic (exact) mass is 256 g/mol. The SMILES string of the molecule is COc1ccc(NC(=O)CCCCN)cc1Cl. The van der Waals surface area contributed by atoms with Crippen molar-refractivity contribution in [2.45, 2.75) is 19.3 Å². The number of anilines is 1. The Kier molecular flexibility index (Phi) is 5.80. The molecule has 0 atom stereocenters. The average Bonchev–Trinajstić information content (AvgIpc) is 2.29. The summed E-state index contributed by atoms with van der Waals surface area (Å²) in [7, 11) is 1.55. The Morgan fingerprint density at radius 2 is 2.24 bits per heavy atom. The number of hydrogen-bond donors (Lipinski definition) is 2. The second-order valence-corrected chi connectivity index (χ2v) is 4.05. The molecule has 4 nitrogen and oxygen atoms in total. The van der Waals surface area contributed by atoms with Gasteiger partial charge in [0.2, 0.25) is 5.91 Å². The zero-order chi connectivity index (χ0) is 12.7. The minimum Gasteiger partial charge on any atom is -0.495 e. The topological polar surface area (TPSA) is 64.3 Å². The van der Waals surface area contributed by atoms with E-state index in [0.717, 1.165) is 12.8 Å². The van der Waals surface area contributed by atoms with Gasteiger partial charge in [-0.1, -0.05) is 11.6 Å². The van der Waals surface area contributed by atoms with E-state index in [4.69, 9.17) is 22.1 Å². The summed E-state index contributed by atoms with van der Waals surface area (Å²) in [4.78, 5) is 11.5. The first kappa shape index (κ1) is 13.8. The van der Waals surface area contributed by atoms with Gasteiger partial charge in [-0.05, 0) is 37.6 Å². The highest BCUT2D eigenvalue weighted by Crippen LogP contribution is 2.27. The van der Waals surface area contributed by atoms with Crippen molar-refractivity contribution in [3.05, 3.63) is 23.2 Å². The number of unbranched alkanes of at least 4 members (excludes halogenated alkanes) is 1. The summed E-state index contributed by atoms with van der Waals surface area (Å²) in [6.07, 6.45) is 2.13. The summed E-state index contributed by atoms with van der Waals surface area (Å²) in [5, 5.41) is 3.25. The Morgan fingerprint density at radius 1 is 1.47 bits per heavy atom. The van der Waals surface area contributed by atoms with Crippen LogP contribution in [0, 0.1) is 0 Å². The molecule has 0 aliphatic rings. The second kappa shape index (κ2) is 7.14. The Morgan fingerprint density at radius 3 is 2.82 bits per heavy atom. The molecule has 0 fully saturated rings. The van der Waals surface area contributed by atoms with Gasteiger partial charge in [-0.3, -0.25) is 4.79 Å². The number of rotatable bonds is 6. The highest BCUT2D eigenvalue weighted by Gasteiger charge is 2.05. The molecule has 0 radical (unpaired) electrons. The van der Waals surface area contributed by atoms with Crippen LogP contribution in [0.3, 0.4) is 0 Å². The molecular weight excluding hydrogens is 240 g/mol. The minimum atomic E-state index is -0.0281. The lowest BCUT2D eigenvalue weighted by Gasteiger charge is -2.07. The van der Waals surface area contributed by atoms with Gasteiger partial charge in [0.25, 0.3) is 0 Å². The maximum atomic E-state index is 11.5. The molecule has 1 aromatic carbocycles. The van der Waals surface area contributed by atoms with Crippen molar-refractivity contribution < 1.29 is 9.53 Å². The lowest BCUT2D eigenvalue weighted by Crippen LogP contribution is -2.12. The fourth-order valence-electron chi connectivity index (χ4n) is 1.40. The lowest BCUT2D eigenvalue weighted by atomic mass is 10.2. The number of nitrogens with two attached hydrogens (primary N) is 1. The molecule has 0 unspecified atom stereocenters. The van der Waals surface area contributed by atoms with Gasteiger partial charge in [0.15, 0.2) is 0 Å². The van der Waals surface area contributed by atoms with Crippen molar-refractivity contribution in [1.29, 1.82) is 0 Å². The average molecular weight is 257 g/mol. The Bertz CT molecular complexity index is 383. The van der Waals surface area contributed by atoms with Crippen LogP contribution in [0.5, 0.6) is 5.75 Å². The molecule has 1 amide bonds. The molecule has 0 aliphatic carbocycles. The van der Waals surface area contributed by atoms with E-state index >= 15 is 0 Å². The van der Waals surface area contributed by atoms with Crippen LogP contribution in [0.1, 0.15) is 19.3 Å². The van der Waals surface area contributed by atoms with Crippen LogP contribution in [0.15, 0.2) is 18.2 Å². The largest absolute Gasteiger partial charge is 0.495 e. The van der Waals surface area contributed by atoms with Gasteiger partial charge in [0.1, 0.15) is 5.75 Å². The van der Waals surface area contributed by atoms with E-state index in [1.807, 2.05) is 0 Å². The quantitative estimate of drug-likeness (QED) is 0.769. The third-order valence-corrected chi connectivity index (χ3v) is 2.59. The number of nitrogens with one attached hydrogen (secondary N) is 1. The van der Waals surface area contributed by atoms with Crippen LogP contribution in [0.2, 0.25) is 5.02 Å². The molecule has 3 N–H and O–H groups in total. The maximum absolute atomic E-state index is 11.5. The summed E-state index contributed by atoms with van der Waals surface area (Å²) in [6.45, 7) is 0.613. The van der Waals surface area contributed by atoms with Crippen LogP contribution in [0.4, 0.5) is 5.69 Å². The molecule has 0 aliphatic heterocycles. The van der Waals surface area contributed by atoms with E-state index in [1.54, 1.807) is 25.3 Å². The summed E-state index contributed by atoms with van der Waals surface area (Å²) in [6, 6.07) is 5.14. The summed E-state index contributed by atoms with van der Waals surface area (Å²) >= 11 is 5.95. The number of carbonyl (C=O) groups excluding carboxylic acids is 1. The van der Waals surface area contributed by atoms with Gasteiger partial charge in [-0.25, -0.2) is 0 Å². The smallest absolute Gasteiger partial charge is 0.224 e. The zero-order valence-corrected chi connectivity index (χ0v) is 10.6. The molecule has 0 saturated heterocycles. The van der Waals surface area contributed by atoms with E-state index < -0.39 is 0 Å². The van der Waals surface area contributed by atoms with Crippen molar-refractivity contribution in [2.24, 2.45) is 5.73 Å². The predicted molar refractivity (Wildman–Crippen MR) is 69.5 cm³/mol. The Balaban J connectivity index is 2.51. The van der Waals surface area contributed by atoms with Gasteiger partial charge >= 0.3 is 0 Å². The fourth-order valence-corrected chi connectivity index (χ4v) is 1.66. The molecule has 1 aromatic rings. The zero-order valence-electron chi connectivity index (χ0n) is 9.83. The van der Waals surface area contributed by atoms with E-state index in [9.17, 15) is 4.79 Å². The molecule has 0 saturated carbocycles. The van der Waals surface area contributed by atoms with Crippen molar-refractivity contribution in [3.63, 3.8) is 0 Å². The van der Waals surface area contributed by atoms with Gasteiger partial charge in [-0.15, -0.1) is 0 Å². The van der Waals surface area contributed by atoms with Crippen molar-refractivity contribution >= 4 is 23.2 Å². The second-order valence-electron chi connectivity index (χ2n) is 3.64. The highest BCUT2D eigenvalue weighted by atomic mass is 35.5. The first-order chi connectivity index (χ1) is 8.17. The predicted octanol–water partition coefficient (Wildman–Crippen LogP) is 2.42. The van der Waals surface area contributed by atoms with Crippen LogP contribution >= 0.6 is 11.6 Å². The summed E-state index contributed by atoms with van der Waals surface area (Å²) in [5.41, 5.74) is 6.03. The van der Waals surface area contributed by atoms with Crippen LogP contribution < -0.4 is 15.8 Å². The highest BCUT2D eigenvalue weighted by molar-refractivity contribution is 6.32. The van der Waals surface area contributed by atoms with E-state index in [1.165, 1.54) is 0 Å². The number of methoxy groups -OCH3 is 1. The standard InChI is InChI=1S/C12H17ClN2O2/c1-17-11-6-5-9(8-10(11)13)15-12(16)4-2-3-7-14/h5-6,8H,2-4,7,14H2,1H3,(H,15,16). The molecule has 17 heavy (non-hydrogen) atoms. The first-order valence-corrected chi connectivity index (χ1v) is 5.88. The van der Waals surface area contributed by atoms with Crippen LogP contribution in [-0.4, -0.2) is 19.6 Å². The number of hydrogen-bond acceptors (Lipinski definition) is 3. The molecule has 0 heterocycles. The summed E-state index contributed by atoms with van der Waals surface area (Å²) in [5.74, 6) is 0.562. The maximum Gasteiger partial charge on any atom is 0.224 e. The van der Waals surface area contributed by atoms with Gasteiger partial charge in [0.05, 0.1) is 12.1 Å². The molecule has 0 bridgehead atoms. The van der Waals surface area contributed by atoms with Gasteiger partial charge in [-0.2, -0.15) is 0 Å². The number of amides is 1. The van der Waals surface area contributed by atoms with E-state index in [0.29, 0.717) is 29.4 Å². The van der Waals surface area contributed by atoms with E-state index in [-0.39, 0.29) is 5.91 Å². The minimum absolute atomic E-state index is 0.0281. The number of carbonyl (C=O) groups is 1. The normalized spacial score (nSPS) is 10.1. The lowest BCUT2D eigenvalue weighted by molar-refractivity contribution is -0.116. The van der Waals surface area contributed by atoms with E-state index in [2.05, 4.69) is 5.32 Å². The molecular formula is C12H17ClN2O2. The first-order valence-electron chi connectivity index (χ1n) is 5.51. The number of halogens is 1.